The Hall–Kier alpha value is -2.38. The van der Waals surface area contributed by atoms with Crippen LogP contribution in [-0.4, -0.2) is 23.5 Å². The smallest absolute Gasteiger partial charge is 0.182 e. The molecule has 36 heavy (non-hydrogen) atoms. The number of carbonyl (C=O) groups is 1. The minimum absolute atomic E-state index is 0.0324. The highest BCUT2D eigenvalue weighted by molar-refractivity contribution is 6.04. The van der Waals surface area contributed by atoms with E-state index in [9.17, 15) is 23.1 Å². The largest absolute Gasteiger partial charge is 0.390 e. The first kappa shape index (κ1) is 31.6. The van der Waals surface area contributed by atoms with Gasteiger partial charge in [0.15, 0.2) is 17.4 Å². The number of benzene rings is 2. The molecular formula is C29H43F3N2O2. The number of unbranched alkanes of at least 4 members (excludes halogenated alkanes) is 2. The van der Waals surface area contributed by atoms with Crippen molar-refractivity contribution in [1.29, 1.82) is 0 Å². The molecule has 1 saturated carbocycles. The number of nitrogens with two attached hydrogens (primary N) is 1. The molecule has 1 atom stereocenters. The van der Waals surface area contributed by atoms with E-state index in [4.69, 9.17) is 0 Å². The molecule has 4 N–H and O–H groups in total. The van der Waals surface area contributed by atoms with Gasteiger partial charge in [-0.05, 0) is 69.0 Å². The fourth-order valence-corrected chi connectivity index (χ4v) is 4.76. The standard InChI is InChI=1S/C26H32F3NO2.C2H6.CH5N/c1-4-6-7-8-18(5-2)26(32)14-17(15-26)25(31)19-10-11-20(27)23(29)24(19)30-22-12-9-16(3)13-21(22)28;2*1-2/h9-13,17-18,30,32H,4-8,14-15H2,1-3H3;1-2H3;2H2,1H3. The molecule has 2 aromatic rings. The normalized spacial score (nSPS) is 19.1. The molecule has 2 aromatic carbocycles. The maximum atomic E-state index is 14.7. The van der Waals surface area contributed by atoms with Crippen LogP contribution >= 0.6 is 0 Å². The van der Waals surface area contributed by atoms with Gasteiger partial charge in [0.25, 0.3) is 0 Å². The first-order chi connectivity index (χ1) is 17.2. The van der Waals surface area contributed by atoms with Crippen LogP contribution in [0.25, 0.3) is 0 Å². The lowest BCUT2D eigenvalue weighted by Gasteiger charge is -2.48. The van der Waals surface area contributed by atoms with Crippen LogP contribution < -0.4 is 11.1 Å². The predicted octanol–water partition coefficient (Wildman–Crippen LogP) is 7.69. The van der Waals surface area contributed by atoms with Crippen molar-refractivity contribution in [2.24, 2.45) is 17.6 Å². The number of halogens is 3. The number of ketones is 1. The van der Waals surface area contributed by atoms with E-state index in [2.05, 4.69) is 18.0 Å². The highest BCUT2D eigenvalue weighted by Gasteiger charge is 2.50. The van der Waals surface area contributed by atoms with E-state index < -0.39 is 29.0 Å². The van der Waals surface area contributed by atoms with Gasteiger partial charge in [-0.25, -0.2) is 13.2 Å². The van der Waals surface area contributed by atoms with Crippen LogP contribution in [0.15, 0.2) is 30.3 Å². The third kappa shape index (κ3) is 7.56. The fourth-order valence-electron chi connectivity index (χ4n) is 4.76. The van der Waals surface area contributed by atoms with Crippen molar-refractivity contribution < 1.29 is 23.1 Å². The molecule has 0 aliphatic heterocycles. The number of nitrogens with one attached hydrogen (secondary N) is 1. The number of carbonyl (C=O) groups excluding carboxylic acids is 1. The third-order valence-corrected chi connectivity index (χ3v) is 6.72. The number of hydrogen-bond acceptors (Lipinski definition) is 4. The van der Waals surface area contributed by atoms with E-state index >= 15 is 0 Å². The number of rotatable bonds is 10. The first-order valence-corrected chi connectivity index (χ1v) is 13.1. The second-order valence-corrected chi connectivity index (χ2v) is 9.07. The summed E-state index contributed by atoms with van der Waals surface area (Å²) in [4.78, 5) is 13.2. The van der Waals surface area contributed by atoms with Crippen molar-refractivity contribution in [3.63, 3.8) is 0 Å². The van der Waals surface area contributed by atoms with Gasteiger partial charge < -0.3 is 16.2 Å². The van der Waals surface area contributed by atoms with Crippen molar-refractivity contribution in [3.05, 3.63) is 58.9 Å². The summed E-state index contributed by atoms with van der Waals surface area (Å²) in [6.45, 7) is 9.88. The Morgan fingerprint density at radius 1 is 1.08 bits per heavy atom. The molecular weight excluding hydrogens is 465 g/mol. The van der Waals surface area contributed by atoms with Crippen molar-refractivity contribution in [2.45, 2.75) is 85.2 Å². The maximum absolute atomic E-state index is 14.7. The molecule has 0 saturated heterocycles. The minimum Gasteiger partial charge on any atom is -0.390 e. The van der Waals surface area contributed by atoms with Crippen molar-refractivity contribution >= 4 is 17.2 Å². The summed E-state index contributed by atoms with van der Waals surface area (Å²) in [5.74, 6) is -3.70. The highest BCUT2D eigenvalue weighted by atomic mass is 19.2. The Morgan fingerprint density at radius 3 is 2.28 bits per heavy atom. The van der Waals surface area contributed by atoms with Crippen LogP contribution in [0.4, 0.5) is 24.5 Å². The van der Waals surface area contributed by atoms with E-state index in [0.29, 0.717) is 18.4 Å². The van der Waals surface area contributed by atoms with Crippen LogP contribution in [0.5, 0.6) is 0 Å². The van der Waals surface area contributed by atoms with Gasteiger partial charge in [-0.2, -0.15) is 0 Å². The molecule has 0 radical (unpaired) electrons. The van der Waals surface area contributed by atoms with Crippen molar-refractivity contribution in [2.75, 3.05) is 12.4 Å². The summed E-state index contributed by atoms with van der Waals surface area (Å²) >= 11 is 0. The number of aliphatic hydroxyl groups is 1. The van der Waals surface area contributed by atoms with Gasteiger partial charge in [0.2, 0.25) is 0 Å². The van der Waals surface area contributed by atoms with Gasteiger partial charge in [0, 0.05) is 11.5 Å². The van der Waals surface area contributed by atoms with E-state index in [-0.39, 0.29) is 28.6 Å². The van der Waals surface area contributed by atoms with E-state index in [1.165, 1.54) is 25.2 Å². The Labute approximate surface area is 214 Å². The molecule has 0 bridgehead atoms. The summed E-state index contributed by atoms with van der Waals surface area (Å²) in [7, 11) is 1.50. The quantitative estimate of drug-likeness (QED) is 0.227. The molecule has 1 aliphatic rings. The summed E-state index contributed by atoms with van der Waals surface area (Å²) in [6, 6.07) is 6.47. The Balaban J connectivity index is 0.00000154. The Kier molecular flexibility index (Phi) is 13.2. The van der Waals surface area contributed by atoms with Gasteiger partial charge in [0.1, 0.15) is 5.82 Å². The lowest BCUT2D eigenvalue weighted by molar-refractivity contribution is -0.110. The summed E-state index contributed by atoms with van der Waals surface area (Å²) in [6.07, 6.45) is 5.58. The maximum Gasteiger partial charge on any atom is 0.182 e. The first-order valence-electron chi connectivity index (χ1n) is 13.1. The topological polar surface area (TPSA) is 75.3 Å². The van der Waals surface area contributed by atoms with E-state index in [0.717, 1.165) is 38.2 Å². The van der Waals surface area contributed by atoms with Crippen molar-refractivity contribution in [1.82, 2.24) is 0 Å². The van der Waals surface area contributed by atoms with Crippen LogP contribution in [0.3, 0.4) is 0 Å². The zero-order valence-corrected chi connectivity index (χ0v) is 22.6. The average Bonchev–Trinajstić information content (AvgIpc) is 2.86. The van der Waals surface area contributed by atoms with Gasteiger partial charge in [0.05, 0.1) is 17.0 Å². The van der Waals surface area contributed by atoms with Gasteiger partial charge in [-0.3, -0.25) is 4.79 Å². The Morgan fingerprint density at radius 2 is 1.72 bits per heavy atom. The molecule has 0 amide bonds. The highest BCUT2D eigenvalue weighted by Crippen LogP contribution is 2.48. The SMILES string of the molecule is CC.CCCCCC(CC)C1(O)CC(C(=O)c2ccc(F)c(F)c2Nc2ccc(C)cc2F)C1.CN. The number of anilines is 2. The number of aryl methyl sites for hydroxylation is 1. The number of hydrogen-bond donors (Lipinski definition) is 3. The average molecular weight is 509 g/mol. The van der Waals surface area contributed by atoms with Gasteiger partial charge >= 0.3 is 0 Å². The monoisotopic (exact) mass is 508 g/mol. The zero-order chi connectivity index (χ0) is 27.5. The van der Waals surface area contributed by atoms with E-state index in [1.54, 1.807) is 13.0 Å². The molecule has 7 heteroatoms. The lowest BCUT2D eigenvalue weighted by atomic mass is 9.61. The summed E-state index contributed by atoms with van der Waals surface area (Å²) in [5.41, 5.74) is 3.83. The van der Waals surface area contributed by atoms with Gasteiger partial charge in [-0.15, -0.1) is 0 Å². The third-order valence-electron chi connectivity index (χ3n) is 6.72. The summed E-state index contributed by atoms with van der Waals surface area (Å²) < 4.78 is 42.9. The molecule has 1 unspecified atom stereocenters. The fraction of sp³-hybridized carbons (Fsp3) is 0.552. The molecule has 1 aliphatic carbocycles. The molecule has 3 rings (SSSR count). The molecule has 202 valence electrons. The number of Topliss-reactive ketones (excluding diaryl/α,β-unsaturated/α-hetero) is 1. The summed E-state index contributed by atoms with van der Waals surface area (Å²) in [5, 5.41) is 13.6. The lowest BCUT2D eigenvalue weighted by Crippen LogP contribution is -2.52. The zero-order valence-electron chi connectivity index (χ0n) is 22.6. The van der Waals surface area contributed by atoms with Crippen LogP contribution in [0.1, 0.15) is 88.6 Å². The second kappa shape index (κ2) is 15.0. The van der Waals surface area contributed by atoms with Crippen LogP contribution in [0.2, 0.25) is 0 Å². The van der Waals surface area contributed by atoms with Crippen LogP contribution in [-0.2, 0) is 0 Å². The van der Waals surface area contributed by atoms with Gasteiger partial charge in [-0.1, -0.05) is 59.4 Å². The van der Waals surface area contributed by atoms with Crippen molar-refractivity contribution in [3.8, 4) is 0 Å². The van der Waals surface area contributed by atoms with Crippen LogP contribution in [0, 0.1) is 36.2 Å². The second-order valence-electron chi connectivity index (χ2n) is 9.07. The molecule has 0 heterocycles. The predicted molar refractivity (Wildman–Crippen MR) is 142 cm³/mol. The minimum atomic E-state index is -1.23. The Bertz CT molecular complexity index is 975. The molecule has 1 fully saturated rings. The molecule has 0 aromatic heterocycles. The molecule has 0 spiro atoms. The van der Waals surface area contributed by atoms with E-state index in [1.807, 2.05) is 20.8 Å². The molecule has 4 nitrogen and oxygen atoms in total.